The molecule has 1 atom stereocenters. The van der Waals surface area contributed by atoms with Crippen molar-refractivity contribution in [2.24, 2.45) is 5.92 Å². The van der Waals surface area contributed by atoms with Crippen LogP contribution in [0.3, 0.4) is 0 Å². The van der Waals surface area contributed by atoms with Crippen molar-refractivity contribution in [3.63, 3.8) is 0 Å². The average molecular weight is 462 g/mol. The summed E-state index contributed by atoms with van der Waals surface area (Å²) in [5.74, 6) is 0.838. The van der Waals surface area contributed by atoms with E-state index in [1.54, 1.807) is 18.4 Å². The van der Waals surface area contributed by atoms with E-state index in [9.17, 15) is 4.79 Å². The van der Waals surface area contributed by atoms with Crippen LogP contribution in [0.15, 0.2) is 54.7 Å². The van der Waals surface area contributed by atoms with E-state index < -0.39 is 0 Å². The molecule has 4 aromatic rings. The number of imidazole rings is 1. The summed E-state index contributed by atoms with van der Waals surface area (Å²) in [6.07, 6.45) is 4.79. The Labute approximate surface area is 197 Å². The number of rotatable bonds is 6. The third-order valence-electron chi connectivity index (χ3n) is 6.11. The van der Waals surface area contributed by atoms with Crippen LogP contribution in [-0.4, -0.2) is 40.7 Å². The second-order valence-electron chi connectivity index (χ2n) is 8.29. The Morgan fingerprint density at radius 1 is 1.18 bits per heavy atom. The predicted molar refractivity (Wildman–Crippen MR) is 132 cm³/mol. The number of nitrogens with zero attached hydrogens (tertiary/aromatic N) is 4. The quantitative estimate of drug-likeness (QED) is 0.443. The van der Waals surface area contributed by atoms with Gasteiger partial charge < -0.3 is 15.0 Å². The fourth-order valence-corrected chi connectivity index (χ4v) is 5.07. The molecular formula is C25H27N5O2S. The first-order valence-corrected chi connectivity index (χ1v) is 12.1. The average Bonchev–Trinajstić information content (AvgIpc) is 3.44. The lowest BCUT2D eigenvalue weighted by Crippen LogP contribution is -2.40. The standard InChI is InChI=1S/C25H27N5O2S/c1-3-17-6-10-20(11-7-17)26-23(31)19-5-4-14-29(15-19)25-28-30-16-22(27-24(30)33-25)18-8-12-21(32-2)13-9-18/h6-13,16,19H,3-5,14-15H2,1-2H3,(H,26,31)/t19-/m1/s1. The van der Waals surface area contributed by atoms with Gasteiger partial charge in [-0.3, -0.25) is 4.79 Å². The number of hydrogen-bond donors (Lipinski definition) is 1. The smallest absolute Gasteiger partial charge is 0.229 e. The van der Waals surface area contributed by atoms with Gasteiger partial charge in [0.25, 0.3) is 0 Å². The number of hydrogen-bond acceptors (Lipinski definition) is 6. The second-order valence-corrected chi connectivity index (χ2v) is 9.23. The maximum atomic E-state index is 12.9. The lowest BCUT2D eigenvalue weighted by atomic mass is 9.97. The number of amides is 1. The summed E-state index contributed by atoms with van der Waals surface area (Å²) in [6, 6.07) is 15.9. The highest BCUT2D eigenvalue weighted by Gasteiger charge is 2.28. The van der Waals surface area contributed by atoms with Crippen LogP contribution in [0.4, 0.5) is 10.8 Å². The van der Waals surface area contributed by atoms with Crippen LogP contribution in [0.1, 0.15) is 25.3 Å². The van der Waals surface area contributed by atoms with E-state index >= 15 is 0 Å². The summed E-state index contributed by atoms with van der Waals surface area (Å²) in [5.41, 5.74) is 4.03. The van der Waals surface area contributed by atoms with Gasteiger partial charge >= 0.3 is 0 Å². The number of aryl methyl sites for hydroxylation is 1. The van der Waals surface area contributed by atoms with Crippen LogP contribution in [0, 0.1) is 5.92 Å². The second kappa shape index (κ2) is 9.23. The molecule has 2 aromatic heterocycles. The molecule has 3 heterocycles. The van der Waals surface area contributed by atoms with E-state index in [-0.39, 0.29) is 11.8 Å². The normalized spacial score (nSPS) is 16.2. The Morgan fingerprint density at radius 3 is 2.67 bits per heavy atom. The highest BCUT2D eigenvalue weighted by atomic mass is 32.1. The van der Waals surface area contributed by atoms with Gasteiger partial charge in [0.1, 0.15) is 5.75 Å². The molecule has 1 aliphatic rings. The minimum absolute atomic E-state index is 0.0596. The van der Waals surface area contributed by atoms with Crippen molar-refractivity contribution in [3.8, 4) is 17.0 Å². The number of carbonyl (C=O) groups excluding carboxylic acids is 1. The molecule has 1 N–H and O–H groups in total. The van der Waals surface area contributed by atoms with E-state index in [2.05, 4.69) is 29.3 Å². The topological polar surface area (TPSA) is 71.8 Å². The van der Waals surface area contributed by atoms with E-state index in [1.807, 2.05) is 47.1 Å². The van der Waals surface area contributed by atoms with Gasteiger partial charge in [-0.05, 0) is 61.2 Å². The van der Waals surface area contributed by atoms with Crippen LogP contribution in [0.5, 0.6) is 5.75 Å². The van der Waals surface area contributed by atoms with Crippen molar-refractivity contribution >= 4 is 33.0 Å². The van der Waals surface area contributed by atoms with Gasteiger partial charge in [0.05, 0.1) is 24.9 Å². The van der Waals surface area contributed by atoms with Gasteiger partial charge in [0, 0.05) is 24.3 Å². The van der Waals surface area contributed by atoms with Crippen molar-refractivity contribution < 1.29 is 9.53 Å². The number of nitrogens with one attached hydrogen (secondary N) is 1. The van der Waals surface area contributed by atoms with Crippen molar-refractivity contribution in [3.05, 3.63) is 60.3 Å². The molecule has 1 fully saturated rings. The minimum Gasteiger partial charge on any atom is -0.497 e. The zero-order valence-corrected chi connectivity index (χ0v) is 19.6. The molecule has 7 nitrogen and oxygen atoms in total. The third kappa shape index (κ3) is 4.57. The van der Waals surface area contributed by atoms with Crippen LogP contribution in [0.25, 0.3) is 16.2 Å². The largest absolute Gasteiger partial charge is 0.497 e. The number of ether oxygens (including phenoxy) is 1. The molecule has 1 saturated heterocycles. The third-order valence-corrected chi connectivity index (χ3v) is 7.09. The predicted octanol–water partition coefficient (Wildman–Crippen LogP) is 4.88. The molecule has 8 heteroatoms. The van der Waals surface area contributed by atoms with Gasteiger partial charge in [-0.2, -0.15) is 0 Å². The molecule has 1 aliphatic heterocycles. The highest BCUT2D eigenvalue weighted by molar-refractivity contribution is 7.20. The monoisotopic (exact) mass is 461 g/mol. The Morgan fingerprint density at radius 2 is 1.97 bits per heavy atom. The number of fused-ring (bicyclic) bond motifs is 1. The molecule has 0 radical (unpaired) electrons. The summed E-state index contributed by atoms with van der Waals surface area (Å²) >= 11 is 1.56. The van der Waals surface area contributed by atoms with Crippen molar-refractivity contribution in [1.29, 1.82) is 0 Å². The van der Waals surface area contributed by atoms with Gasteiger partial charge in [0.15, 0.2) is 0 Å². The van der Waals surface area contributed by atoms with E-state index in [4.69, 9.17) is 14.8 Å². The number of benzene rings is 2. The number of piperidine rings is 1. The SMILES string of the molecule is CCc1ccc(NC(=O)[C@@H]2CCCN(c3nn4cc(-c5ccc(OC)cc5)nc4s3)C2)cc1. The zero-order chi connectivity index (χ0) is 22.8. The number of carbonyl (C=O) groups is 1. The lowest BCUT2D eigenvalue weighted by molar-refractivity contribution is -0.120. The number of aromatic nitrogens is 3. The Kier molecular flexibility index (Phi) is 6.00. The first-order chi connectivity index (χ1) is 16.1. The molecule has 0 saturated carbocycles. The van der Waals surface area contributed by atoms with Crippen molar-refractivity contribution in [1.82, 2.24) is 14.6 Å². The first kappa shape index (κ1) is 21.5. The van der Waals surface area contributed by atoms with Gasteiger partial charge in [-0.25, -0.2) is 9.50 Å². The number of anilines is 2. The van der Waals surface area contributed by atoms with Crippen LogP contribution in [-0.2, 0) is 11.2 Å². The van der Waals surface area contributed by atoms with Crippen molar-refractivity contribution in [2.75, 3.05) is 30.4 Å². The highest BCUT2D eigenvalue weighted by Crippen LogP contribution is 2.30. The summed E-state index contributed by atoms with van der Waals surface area (Å²) < 4.78 is 7.06. The summed E-state index contributed by atoms with van der Waals surface area (Å²) in [7, 11) is 1.66. The zero-order valence-electron chi connectivity index (χ0n) is 18.8. The van der Waals surface area contributed by atoms with E-state index in [1.165, 1.54) is 5.56 Å². The number of methoxy groups -OCH3 is 1. The van der Waals surface area contributed by atoms with Crippen molar-refractivity contribution in [2.45, 2.75) is 26.2 Å². The molecule has 0 bridgehead atoms. The van der Waals surface area contributed by atoms with E-state index in [0.29, 0.717) is 6.54 Å². The van der Waals surface area contributed by atoms with Gasteiger partial charge in [0.2, 0.25) is 16.0 Å². The van der Waals surface area contributed by atoms with E-state index in [0.717, 1.165) is 58.6 Å². The van der Waals surface area contributed by atoms with Crippen LogP contribution in [0.2, 0.25) is 0 Å². The summed E-state index contributed by atoms with van der Waals surface area (Å²) in [4.78, 5) is 20.7. The minimum atomic E-state index is -0.0596. The Hall–Kier alpha value is -3.39. The maximum absolute atomic E-state index is 12.9. The molecular weight excluding hydrogens is 434 g/mol. The molecule has 2 aromatic carbocycles. The molecule has 0 spiro atoms. The molecule has 170 valence electrons. The molecule has 33 heavy (non-hydrogen) atoms. The Bertz CT molecular complexity index is 1210. The first-order valence-electron chi connectivity index (χ1n) is 11.3. The molecule has 0 aliphatic carbocycles. The maximum Gasteiger partial charge on any atom is 0.229 e. The van der Waals surface area contributed by atoms with Crippen LogP contribution >= 0.6 is 11.3 Å². The van der Waals surface area contributed by atoms with Gasteiger partial charge in [-0.1, -0.05) is 30.4 Å². The molecule has 5 rings (SSSR count). The fourth-order valence-electron chi connectivity index (χ4n) is 4.15. The fraction of sp³-hybridized carbons (Fsp3) is 0.320. The molecule has 1 amide bonds. The molecule has 0 unspecified atom stereocenters. The Balaban J connectivity index is 1.26. The van der Waals surface area contributed by atoms with Crippen LogP contribution < -0.4 is 15.0 Å². The summed E-state index contributed by atoms with van der Waals surface area (Å²) in [5, 5.41) is 8.74. The van der Waals surface area contributed by atoms with Gasteiger partial charge in [-0.15, -0.1) is 5.10 Å². The lowest BCUT2D eigenvalue weighted by Gasteiger charge is -2.31. The summed E-state index contributed by atoms with van der Waals surface area (Å²) in [6.45, 7) is 3.69.